The molecule has 0 aromatic heterocycles. The lowest BCUT2D eigenvalue weighted by Crippen LogP contribution is -2.11. The molecule has 1 atom stereocenters. The average Bonchev–Trinajstić information content (AvgIpc) is 2.25. The van der Waals surface area contributed by atoms with Gasteiger partial charge in [0.2, 0.25) is 0 Å². The van der Waals surface area contributed by atoms with Crippen molar-refractivity contribution in [2.24, 2.45) is 5.92 Å². The van der Waals surface area contributed by atoms with Crippen molar-refractivity contribution in [2.45, 2.75) is 26.9 Å². The molecule has 0 amide bonds. The van der Waals surface area contributed by atoms with Gasteiger partial charge in [0.15, 0.2) is 0 Å². The Labute approximate surface area is 99.8 Å². The Bertz CT molecular complexity index is 314. The monoisotopic (exact) mass is 271 g/mol. The molecule has 0 heterocycles. The van der Waals surface area contributed by atoms with Crippen molar-refractivity contribution in [3.05, 3.63) is 28.2 Å². The quantitative estimate of drug-likeness (QED) is 0.861. The van der Waals surface area contributed by atoms with E-state index in [-0.39, 0.29) is 6.61 Å². The van der Waals surface area contributed by atoms with Gasteiger partial charge in [-0.1, -0.05) is 42.3 Å². The largest absolute Gasteiger partial charge is 0.392 e. The molecule has 0 aliphatic heterocycles. The maximum Gasteiger partial charge on any atom is 0.0713 e. The van der Waals surface area contributed by atoms with Crippen LogP contribution in [-0.2, 0) is 6.61 Å². The Kier molecular flexibility index (Phi) is 5.12. The van der Waals surface area contributed by atoms with E-state index in [0.29, 0.717) is 5.92 Å². The molecule has 0 bridgehead atoms. The van der Waals surface area contributed by atoms with Gasteiger partial charge in [0.1, 0.15) is 0 Å². The molecular weight excluding hydrogens is 254 g/mol. The number of rotatable bonds is 5. The normalized spacial score (nSPS) is 12.5. The second-order valence-electron chi connectivity index (χ2n) is 3.82. The van der Waals surface area contributed by atoms with E-state index in [1.165, 1.54) is 0 Å². The van der Waals surface area contributed by atoms with E-state index < -0.39 is 0 Å². The molecule has 0 aliphatic carbocycles. The van der Waals surface area contributed by atoms with E-state index in [0.717, 1.165) is 28.7 Å². The zero-order valence-corrected chi connectivity index (χ0v) is 10.8. The molecule has 0 spiro atoms. The number of hydrogen-bond acceptors (Lipinski definition) is 2. The summed E-state index contributed by atoms with van der Waals surface area (Å²) < 4.78 is 0.958. The summed E-state index contributed by atoms with van der Waals surface area (Å²) in [6.07, 6.45) is 1.16. The zero-order chi connectivity index (χ0) is 11.3. The summed E-state index contributed by atoms with van der Waals surface area (Å²) in [6, 6.07) is 5.92. The van der Waals surface area contributed by atoms with Gasteiger partial charge in [0.05, 0.1) is 6.61 Å². The van der Waals surface area contributed by atoms with Gasteiger partial charge < -0.3 is 10.4 Å². The molecule has 2 nitrogen and oxygen atoms in total. The third kappa shape index (κ3) is 3.50. The van der Waals surface area contributed by atoms with Crippen LogP contribution in [0.5, 0.6) is 0 Å². The van der Waals surface area contributed by atoms with Crippen LogP contribution in [0.2, 0.25) is 0 Å². The molecule has 0 saturated carbocycles. The zero-order valence-electron chi connectivity index (χ0n) is 9.26. The molecule has 2 N–H and O–H groups in total. The first-order valence-corrected chi connectivity index (χ1v) is 6.10. The molecule has 84 valence electrons. The molecule has 1 rings (SSSR count). The van der Waals surface area contributed by atoms with Crippen LogP contribution < -0.4 is 5.32 Å². The van der Waals surface area contributed by atoms with Gasteiger partial charge >= 0.3 is 0 Å². The summed E-state index contributed by atoms with van der Waals surface area (Å²) in [5.74, 6) is 0.649. The molecule has 0 saturated heterocycles. The van der Waals surface area contributed by atoms with Crippen LogP contribution in [0.4, 0.5) is 5.69 Å². The lowest BCUT2D eigenvalue weighted by atomic mass is 10.1. The van der Waals surface area contributed by atoms with Crippen LogP contribution in [0.1, 0.15) is 25.8 Å². The maximum atomic E-state index is 9.25. The van der Waals surface area contributed by atoms with Gasteiger partial charge in [-0.3, -0.25) is 0 Å². The lowest BCUT2D eigenvalue weighted by molar-refractivity contribution is 0.281. The number of benzene rings is 1. The van der Waals surface area contributed by atoms with E-state index >= 15 is 0 Å². The van der Waals surface area contributed by atoms with Gasteiger partial charge in [0.25, 0.3) is 0 Å². The van der Waals surface area contributed by atoms with Crippen molar-refractivity contribution in [3.8, 4) is 0 Å². The lowest BCUT2D eigenvalue weighted by Gasteiger charge is -2.15. The highest BCUT2D eigenvalue weighted by Gasteiger charge is 2.06. The fourth-order valence-corrected chi connectivity index (χ4v) is 1.81. The van der Waals surface area contributed by atoms with Crippen molar-refractivity contribution in [1.82, 2.24) is 0 Å². The highest BCUT2D eigenvalue weighted by molar-refractivity contribution is 9.10. The van der Waals surface area contributed by atoms with E-state index in [9.17, 15) is 5.11 Å². The van der Waals surface area contributed by atoms with Crippen LogP contribution in [0.15, 0.2) is 22.7 Å². The van der Waals surface area contributed by atoms with Gasteiger partial charge in [-0.05, 0) is 18.1 Å². The molecule has 1 aromatic carbocycles. The molecule has 1 unspecified atom stereocenters. The average molecular weight is 272 g/mol. The summed E-state index contributed by atoms with van der Waals surface area (Å²) >= 11 is 3.43. The Balaban J connectivity index is 2.72. The van der Waals surface area contributed by atoms with Crippen LogP contribution in [0, 0.1) is 5.92 Å². The second kappa shape index (κ2) is 6.13. The smallest absolute Gasteiger partial charge is 0.0713 e. The minimum Gasteiger partial charge on any atom is -0.392 e. The van der Waals surface area contributed by atoms with E-state index in [4.69, 9.17) is 0 Å². The number of anilines is 1. The predicted octanol–water partition coefficient (Wildman–Crippen LogP) is 3.40. The maximum absolute atomic E-state index is 9.25. The predicted molar refractivity (Wildman–Crippen MR) is 68.0 cm³/mol. The Morgan fingerprint density at radius 2 is 2.20 bits per heavy atom. The molecule has 0 radical (unpaired) electrons. The third-order valence-electron chi connectivity index (χ3n) is 2.61. The van der Waals surface area contributed by atoms with Crippen molar-refractivity contribution >= 4 is 21.6 Å². The summed E-state index contributed by atoms with van der Waals surface area (Å²) in [5.41, 5.74) is 1.95. The SMILES string of the molecule is CCC(C)CNc1cccc(Br)c1CO. The number of hydrogen-bond donors (Lipinski definition) is 2. The van der Waals surface area contributed by atoms with Crippen molar-refractivity contribution in [3.63, 3.8) is 0 Å². The summed E-state index contributed by atoms with van der Waals surface area (Å²) in [4.78, 5) is 0. The van der Waals surface area contributed by atoms with Crippen LogP contribution in [0.3, 0.4) is 0 Å². The third-order valence-corrected chi connectivity index (χ3v) is 3.36. The standard InChI is InChI=1S/C12H18BrNO/c1-3-9(2)7-14-12-6-4-5-11(13)10(12)8-15/h4-6,9,14-15H,3,7-8H2,1-2H3. The minimum absolute atomic E-state index is 0.0598. The fraction of sp³-hybridized carbons (Fsp3) is 0.500. The van der Waals surface area contributed by atoms with Crippen LogP contribution in [0.25, 0.3) is 0 Å². The van der Waals surface area contributed by atoms with Crippen molar-refractivity contribution in [2.75, 3.05) is 11.9 Å². The second-order valence-corrected chi connectivity index (χ2v) is 4.67. The highest BCUT2D eigenvalue weighted by Crippen LogP contribution is 2.24. The molecule has 0 fully saturated rings. The summed E-state index contributed by atoms with van der Waals surface area (Å²) in [5, 5.41) is 12.6. The number of aliphatic hydroxyl groups is 1. The van der Waals surface area contributed by atoms with Gasteiger partial charge in [-0.15, -0.1) is 0 Å². The molecule has 1 aromatic rings. The van der Waals surface area contributed by atoms with Crippen molar-refractivity contribution < 1.29 is 5.11 Å². The number of nitrogens with one attached hydrogen (secondary N) is 1. The molecule has 0 aliphatic rings. The first-order valence-electron chi connectivity index (χ1n) is 5.31. The van der Waals surface area contributed by atoms with Crippen molar-refractivity contribution in [1.29, 1.82) is 0 Å². The van der Waals surface area contributed by atoms with Gasteiger partial charge in [0, 0.05) is 22.3 Å². The fourth-order valence-electron chi connectivity index (χ4n) is 1.31. The molecule has 3 heteroatoms. The van der Waals surface area contributed by atoms with Gasteiger partial charge in [-0.2, -0.15) is 0 Å². The van der Waals surface area contributed by atoms with Gasteiger partial charge in [-0.25, -0.2) is 0 Å². The Hall–Kier alpha value is -0.540. The van der Waals surface area contributed by atoms with E-state index in [1.807, 2.05) is 18.2 Å². The van der Waals surface area contributed by atoms with E-state index in [2.05, 4.69) is 35.1 Å². The first kappa shape index (κ1) is 12.5. The summed E-state index contributed by atoms with van der Waals surface area (Å²) in [6.45, 7) is 5.40. The highest BCUT2D eigenvalue weighted by atomic mass is 79.9. The Morgan fingerprint density at radius 1 is 1.47 bits per heavy atom. The minimum atomic E-state index is 0.0598. The summed E-state index contributed by atoms with van der Waals surface area (Å²) in [7, 11) is 0. The van der Waals surface area contributed by atoms with E-state index in [1.54, 1.807) is 0 Å². The molecular formula is C12H18BrNO. The number of aliphatic hydroxyl groups excluding tert-OH is 1. The van der Waals surface area contributed by atoms with Crippen LogP contribution in [-0.4, -0.2) is 11.7 Å². The topological polar surface area (TPSA) is 32.3 Å². The van der Waals surface area contributed by atoms with Crippen LogP contribution >= 0.6 is 15.9 Å². The molecule has 15 heavy (non-hydrogen) atoms. The Morgan fingerprint density at radius 3 is 2.80 bits per heavy atom. The number of halogens is 1. The first-order chi connectivity index (χ1) is 7.19.